The lowest BCUT2D eigenvalue weighted by molar-refractivity contribution is -0.132. The fourth-order valence-corrected chi connectivity index (χ4v) is 3.28. The SMILES string of the molecule is NCCCCCCC(=O)N1CCc2sccc2C1. The first-order valence-corrected chi connectivity index (χ1v) is 7.72. The molecule has 0 aromatic carbocycles. The molecule has 0 saturated heterocycles. The van der Waals surface area contributed by atoms with Crippen LogP contribution in [-0.4, -0.2) is 23.9 Å². The van der Waals surface area contributed by atoms with Crippen molar-refractivity contribution in [3.8, 4) is 0 Å². The number of nitrogens with two attached hydrogens (primary N) is 1. The average molecular weight is 266 g/mol. The van der Waals surface area contributed by atoms with Crippen molar-refractivity contribution in [3.63, 3.8) is 0 Å². The van der Waals surface area contributed by atoms with Crippen LogP contribution < -0.4 is 5.73 Å². The molecule has 0 fully saturated rings. The molecular formula is C14H22N2OS. The number of hydrogen-bond acceptors (Lipinski definition) is 3. The van der Waals surface area contributed by atoms with Gasteiger partial charge >= 0.3 is 0 Å². The first-order chi connectivity index (χ1) is 8.81. The van der Waals surface area contributed by atoms with Crippen molar-refractivity contribution >= 4 is 17.2 Å². The van der Waals surface area contributed by atoms with Gasteiger partial charge in [-0.15, -0.1) is 11.3 Å². The van der Waals surface area contributed by atoms with Crippen LogP contribution in [0.5, 0.6) is 0 Å². The molecule has 4 heteroatoms. The van der Waals surface area contributed by atoms with E-state index in [1.807, 2.05) is 16.2 Å². The van der Waals surface area contributed by atoms with Crippen molar-refractivity contribution in [3.05, 3.63) is 21.9 Å². The number of hydrogen-bond donors (Lipinski definition) is 1. The molecule has 1 aliphatic rings. The molecule has 3 nitrogen and oxygen atoms in total. The van der Waals surface area contributed by atoms with E-state index in [1.54, 1.807) is 0 Å². The zero-order valence-electron chi connectivity index (χ0n) is 10.9. The number of carbonyl (C=O) groups excluding carboxylic acids is 1. The Morgan fingerprint density at radius 2 is 2.17 bits per heavy atom. The Hall–Kier alpha value is -0.870. The van der Waals surface area contributed by atoms with E-state index in [0.717, 1.165) is 51.7 Å². The Labute approximate surface area is 113 Å². The highest BCUT2D eigenvalue weighted by atomic mass is 32.1. The van der Waals surface area contributed by atoms with Gasteiger partial charge in [-0.2, -0.15) is 0 Å². The first kappa shape index (κ1) is 13.6. The lowest BCUT2D eigenvalue weighted by Crippen LogP contribution is -2.35. The summed E-state index contributed by atoms with van der Waals surface area (Å²) in [4.78, 5) is 15.5. The highest BCUT2D eigenvalue weighted by Gasteiger charge is 2.20. The quantitative estimate of drug-likeness (QED) is 0.804. The van der Waals surface area contributed by atoms with Gasteiger partial charge in [0.05, 0.1) is 0 Å². The van der Waals surface area contributed by atoms with E-state index in [9.17, 15) is 4.79 Å². The number of unbranched alkanes of at least 4 members (excludes halogenated alkanes) is 3. The number of thiophene rings is 1. The maximum absolute atomic E-state index is 12.1. The molecular weight excluding hydrogens is 244 g/mol. The molecule has 100 valence electrons. The molecule has 18 heavy (non-hydrogen) atoms. The minimum Gasteiger partial charge on any atom is -0.338 e. The molecule has 0 radical (unpaired) electrons. The summed E-state index contributed by atoms with van der Waals surface area (Å²) in [5.41, 5.74) is 6.80. The third-order valence-corrected chi connectivity index (χ3v) is 4.53. The fourth-order valence-electron chi connectivity index (χ4n) is 2.39. The third kappa shape index (κ3) is 3.56. The molecule has 0 saturated carbocycles. The Morgan fingerprint density at radius 3 is 3.00 bits per heavy atom. The van der Waals surface area contributed by atoms with Crippen molar-refractivity contribution in [1.29, 1.82) is 0 Å². The molecule has 1 aromatic rings. The van der Waals surface area contributed by atoms with Gasteiger partial charge in [0.25, 0.3) is 0 Å². The minimum absolute atomic E-state index is 0.319. The monoisotopic (exact) mass is 266 g/mol. The summed E-state index contributed by atoms with van der Waals surface area (Å²) in [5, 5.41) is 2.13. The van der Waals surface area contributed by atoms with Gasteiger partial charge in [0.15, 0.2) is 0 Å². The highest BCUT2D eigenvalue weighted by Crippen LogP contribution is 2.24. The Balaban J connectivity index is 1.71. The summed E-state index contributed by atoms with van der Waals surface area (Å²) in [7, 11) is 0. The molecule has 2 rings (SSSR count). The molecule has 0 bridgehead atoms. The summed E-state index contributed by atoms with van der Waals surface area (Å²) in [6.07, 6.45) is 6.09. The third-order valence-electron chi connectivity index (χ3n) is 3.51. The summed E-state index contributed by atoms with van der Waals surface area (Å²) < 4.78 is 0. The van der Waals surface area contributed by atoms with E-state index in [1.165, 1.54) is 10.4 Å². The molecule has 2 heterocycles. The maximum atomic E-state index is 12.1. The van der Waals surface area contributed by atoms with Crippen LogP contribution in [0.15, 0.2) is 11.4 Å². The predicted octanol–water partition coefficient (Wildman–Crippen LogP) is 2.54. The molecule has 0 unspecified atom stereocenters. The summed E-state index contributed by atoms with van der Waals surface area (Å²) in [6.45, 7) is 2.48. The van der Waals surface area contributed by atoms with Crippen LogP contribution in [0, 0.1) is 0 Å². The highest BCUT2D eigenvalue weighted by molar-refractivity contribution is 7.10. The number of fused-ring (bicyclic) bond motifs is 1. The Morgan fingerprint density at radius 1 is 1.33 bits per heavy atom. The predicted molar refractivity (Wildman–Crippen MR) is 75.6 cm³/mol. The van der Waals surface area contributed by atoms with Gasteiger partial charge in [0.2, 0.25) is 5.91 Å². The van der Waals surface area contributed by atoms with Gasteiger partial charge < -0.3 is 10.6 Å². The maximum Gasteiger partial charge on any atom is 0.222 e. The number of carbonyl (C=O) groups is 1. The lowest BCUT2D eigenvalue weighted by Gasteiger charge is -2.27. The van der Waals surface area contributed by atoms with E-state index in [-0.39, 0.29) is 0 Å². The minimum atomic E-state index is 0.319. The summed E-state index contributed by atoms with van der Waals surface area (Å²) in [5.74, 6) is 0.319. The topological polar surface area (TPSA) is 46.3 Å². The number of rotatable bonds is 6. The van der Waals surface area contributed by atoms with Crippen LogP contribution in [0.2, 0.25) is 0 Å². The van der Waals surface area contributed by atoms with E-state index in [2.05, 4.69) is 11.4 Å². The molecule has 1 aliphatic heterocycles. The van der Waals surface area contributed by atoms with Gasteiger partial charge in [-0.3, -0.25) is 4.79 Å². The molecule has 1 aromatic heterocycles. The normalized spacial score (nSPS) is 14.6. The van der Waals surface area contributed by atoms with E-state index in [0.29, 0.717) is 12.3 Å². The largest absolute Gasteiger partial charge is 0.338 e. The summed E-state index contributed by atoms with van der Waals surface area (Å²) in [6, 6.07) is 2.15. The van der Waals surface area contributed by atoms with Crippen LogP contribution >= 0.6 is 11.3 Å². The molecule has 0 atom stereocenters. The first-order valence-electron chi connectivity index (χ1n) is 6.84. The molecule has 0 aliphatic carbocycles. The standard InChI is InChI=1S/C14H22N2OS/c15-8-4-2-1-3-5-14(17)16-9-6-13-12(11-16)7-10-18-13/h7,10H,1-6,8-9,11,15H2. The van der Waals surface area contributed by atoms with Gasteiger partial charge in [-0.1, -0.05) is 12.8 Å². The zero-order chi connectivity index (χ0) is 12.8. The van der Waals surface area contributed by atoms with Crippen LogP contribution in [0.25, 0.3) is 0 Å². The average Bonchev–Trinajstić information content (AvgIpc) is 2.85. The number of nitrogens with zero attached hydrogens (tertiary/aromatic N) is 1. The van der Waals surface area contributed by atoms with Gasteiger partial charge in [-0.05, 0) is 42.8 Å². The van der Waals surface area contributed by atoms with E-state index in [4.69, 9.17) is 5.73 Å². The molecule has 1 amide bonds. The van der Waals surface area contributed by atoms with Crippen molar-refractivity contribution < 1.29 is 4.79 Å². The second kappa shape index (κ2) is 6.90. The van der Waals surface area contributed by atoms with Gasteiger partial charge in [-0.25, -0.2) is 0 Å². The van der Waals surface area contributed by atoms with Crippen LogP contribution in [0.3, 0.4) is 0 Å². The smallest absolute Gasteiger partial charge is 0.222 e. The van der Waals surface area contributed by atoms with Gasteiger partial charge in [0.1, 0.15) is 0 Å². The molecule has 2 N–H and O–H groups in total. The second-order valence-electron chi connectivity index (χ2n) is 4.89. The van der Waals surface area contributed by atoms with Crippen LogP contribution in [-0.2, 0) is 17.8 Å². The number of amides is 1. The van der Waals surface area contributed by atoms with Crippen molar-refractivity contribution in [2.24, 2.45) is 5.73 Å². The zero-order valence-corrected chi connectivity index (χ0v) is 11.7. The van der Waals surface area contributed by atoms with Crippen molar-refractivity contribution in [1.82, 2.24) is 4.90 Å². The van der Waals surface area contributed by atoms with Crippen LogP contribution in [0.1, 0.15) is 42.5 Å². The van der Waals surface area contributed by atoms with E-state index < -0.39 is 0 Å². The van der Waals surface area contributed by atoms with Crippen molar-refractivity contribution in [2.45, 2.75) is 45.1 Å². The van der Waals surface area contributed by atoms with Crippen molar-refractivity contribution in [2.75, 3.05) is 13.1 Å². The lowest BCUT2D eigenvalue weighted by atomic mass is 10.1. The Bertz CT molecular complexity index is 389. The fraction of sp³-hybridized carbons (Fsp3) is 0.643. The van der Waals surface area contributed by atoms with Crippen LogP contribution in [0.4, 0.5) is 0 Å². The summed E-state index contributed by atoms with van der Waals surface area (Å²) >= 11 is 1.82. The Kier molecular flexibility index (Phi) is 5.20. The van der Waals surface area contributed by atoms with Gasteiger partial charge in [0, 0.05) is 24.4 Å². The second-order valence-corrected chi connectivity index (χ2v) is 5.89. The van der Waals surface area contributed by atoms with E-state index >= 15 is 0 Å². The molecule has 0 spiro atoms.